The van der Waals surface area contributed by atoms with Crippen molar-refractivity contribution in [2.75, 3.05) is 33.4 Å². The van der Waals surface area contributed by atoms with E-state index in [1.54, 1.807) is 41.5 Å². The number of aryl methyl sites for hydroxylation is 2. The van der Waals surface area contributed by atoms with Gasteiger partial charge in [-0.3, -0.25) is 4.90 Å². The van der Waals surface area contributed by atoms with Crippen LogP contribution >= 0.6 is 34.4 Å². The zero-order valence-corrected chi connectivity index (χ0v) is 21.4. The molecule has 0 bridgehead atoms. The van der Waals surface area contributed by atoms with Gasteiger partial charge in [0.2, 0.25) is 0 Å². The summed E-state index contributed by atoms with van der Waals surface area (Å²) >= 11 is 5.20. The number of benzene rings is 1. The van der Waals surface area contributed by atoms with E-state index in [4.69, 9.17) is 24.4 Å². The number of thiazole rings is 1. The molecule has 0 radical (unpaired) electrons. The molecule has 0 aliphatic carbocycles. The van der Waals surface area contributed by atoms with Crippen LogP contribution in [0.3, 0.4) is 0 Å². The highest BCUT2D eigenvalue weighted by atomic mass is 32.2. The number of morpholine rings is 1. The molecular formula is C24H26N4O2S3. The summed E-state index contributed by atoms with van der Waals surface area (Å²) in [5.41, 5.74) is 3.47. The highest BCUT2D eigenvalue weighted by Crippen LogP contribution is 2.37. The van der Waals surface area contributed by atoms with Crippen LogP contribution in [0.5, 0.6) is 5.75 Å². The Labute approximate surface area is 206 Å². The van der Waals surface area contributed by atoms with Gasteiger partial charge in [0.25, 0.3) is 0 Å². The Balaban J connectivity index is 1.37. The number of thioether (sulfide) groups is 1. The predicted molar refractivity (Wildman–Crippen MR) is 137 cm³/mol. The van der Waals surface area contributed by atoms with Crippen LogP contribution in [0.1, 0.15) is 22.0 Å². The molecule has 0 N–H and O–H groups in total. The number of aromatic nitrogens is 3. The lowest BCUT2D eigenvalue weighted by atomic mass is 10.2. The van der Waals surface area contributed by atoms with Crippen molar-refractivity contribution >= 4 is 44.7 Å². The molecule has 1 fully saturated rings. The van der Waals surface area contributed by atoms with Crippen LogP contribution in [-0.4, -0.2) is 53.3 Å². The summed E-state index contributed by atoms with van der Waals surface area (Å²) in [5.74, 6) is 2.53. The minimum atomic E-state index is 0.765. The number of ether oxygens (including phenoxy) is 2. The Morgan fingerprint density at radius 3 is 2.64 bits per heavy atom. The zero-order valence-electron chi connectivity index (χ0n) is 19.0. The van der Waals surface area contributed by atoms with Crippen molar-refractivity contribution < 1.29 is 9.47 Å². The third-order valence-corrected chi connectivity index (χ3v) is 8.81. The van der Waals surface area contributed by atoms with Crippen LogP contribution < -0.4 is 4.74 Å². The Bertz CT molecular complexity index is 1250. The van der Waals surface area contributed by atoms with Gasteiger partial charge in [-0.15, -0.1) is 22.7 Å². The molecule has 0 atom stereocenters. The van der Waals surface area contributed by atoms with Crippen molar-refractivity contribution in [2.45, 2.75) is 31.2 Å². The van der Waals surface area contributed by atoms with Crippen molar-refractivity contribution in [2.24, 2.45) is 0 Å². The Morgan fingerprint density at radius 1 is 1.09 bits per heavy atom. The number of fused-ring (bicyclic) bond motifs is 1. The van der Waals surface area contributed by atoms with Crippen LogP contribution in [0.2, 0.25) is 0 Å². The van der Waals surface area contributed by atoms with Crippen molar-refractivity contribution in [3.63, 3.8) is 0 Å². The maximum Gasteiger partial charge on any atom is 0.145 e. The molecule has 172 valence electrons. The van der Waals surface area contributed by atoms with Crippen LogP contribution in [0.15, 0.2) is 34.7 Å². The van der Waals surface area contributed by atoms with Gasteiger partial charge in [-0.25, -0.2) is 15.0 Å². The molecule has 3 aromatic heterocycles. The number of rotatable bonds is 7. The summed E-state index contributed by atoms with van der Waals surface area (Å²) in [4.78, 5) is 19.5. The minimum absolute atomic E-state index is 0.765. The molecule has 4 heterocycles. The highest BCUT2D eigenvalue weighted by molar-refractivity contribution is 7.98. The van der Waals surface area contributed by atoms with Crippen LogP contribution in [0.4, 0.5) is 0 Å². The lowest BCUT2D eigenvalue weighted by Crippen LogP contribution is -2.36. The van der Waals surface area contributed by atoms with Gasteiger partial charge >= 0.3 is 0 Å². The van der Waals surface area contributed by atoms with E-state index in [0.717, 1.165) is 76.3 Å². The highest BCUT2D eigenvalue weighted by Gasteiger charge is 2.18. The van der Waals surface area contributed by atoms with E-state index in [1.807, 2.05) is 12.1 Å². The van der Waals surface area contributed by atoms with E-state index in [9.17, 15) is 0 Å². The topological polar surface area (TPSA) is 60.4 Å². The van der Waals surface area contributed by atoms with Gasteiger partial charge in [-0.1, -0.05) is 11.8 Å². The van der Waals surface area contributed by atoms with Gasteiger partial charge in [0.1, 0.15) is 26.4 Å². The molecule has 0 spiro atoms. The number of nitrogens with zero attached hydrogens (tertiary/aromatic N) is 4. The van der Waals surface area contributed by atoms with Crippen molar-refractivity contribution in [3.05, 3.63) is 51.6 Å². The number of thiophene rings is 1. The normalized spacial score (nSPS) is 14.8. The summed E-state index contributed by atoms with van der Waals surface area (Å²) in [6.07, 6.45) is 0. The molecule has 1 aliphatic heterocycles. The summed E-state index contributed by atoms with van der Waals surface area (Å²) in [6.45, 7) is 8.52. The van der Waals surface area contributed by atoms with Crippen LogP contribution in [0, 0.1) is 13.8 Å². The van der Waals surface area contributed by atoms with Gasteiger partial charge in [-0.05, 0) is 43.7 Å². The molecule has 5 rings (SSSR count). The number of hydrogen-bond donors (Lipinski definition) is 0. The van der Waals surface area contributed by atoms with Crippen molar-refractivity contribution in [3.8, 4) is 16.3 Å². The maximum absolute atomic E-state index is 5.49. The third-order valence-electron chi connectivity index (χ3n) is 5.76. The maximum atomic E-state index is 5.49. The smallest absolute Gasteiger partial charge is 0.145 e. The molecule has 0 saturated carbocycles. The lowest BCUT2D eigenvalue weighted by molar-refractivity contribution is 0.0330. The van der Waals surface area contributed by atoms with Gasteiger partial charge in [-0.2, -0.15) is 0 Å². The van der Waals surface area contributed by atoms with E-state index in [-0.39, 0.29) is 0 Å². The molecule has 0 amide bonds. The molecule has 4 aromatic rings. The van der Waals surface area contributed by atoms with E-state index >= 15 is 0 Å². The predicted octanol–water partition coefficient (Wildman–Crippen LogP) is 5.56. The second-order valence-corrected chi connectivity index (χ2v) is 11.0. The van der Waals surface area contributed by atoms with Crippen molar-refractivity contribution in [1.29, 1.82) is 0 Å². The van der Waals surface area contributed by atoms with Gasteiger partial charge in [0, 0.05) is 40.0 Å². The molecular weight excluding hydrogens is 472 g/mol. The first-order valence-corrected chi connectivity index (χ1v) is 13.6. The summed E-state index contributed by atoms with van der Waals surface area (Å²) < 4.78 is 10.7. The summed E-state index contributed by atoms with van der Waals surface area (Å²) in [7, 11) is 1.68. The van der Waals surface area contributed by atoms with Crippen LogP contribution in [0.25, 0.3) is 20.8 Å². The standard InChI is InChI=1S/C24H26N4O2S3/c1-15-16(2)33-24-21(15)23(26-20(27-24)12-28-8-10-30-11-9-28)32-14-18-13-31-22(25-18)17-4-6-19(29-3)7-5-17/h4-7,13H,8-12,14H2,1-3H3. The third kappa shape index (κ3) is 5.07. The lowest BCUT2D eigenvalue weighted by Gasteiger charge is -2.25. The van der Waals surface area contributed by atoms with Gasteiger partial charge in [0.05, 0.1) is 32.6 Å². The molecule has 1 aliphatic rings. The number of hydrogen-bond acceptors (Lipinski definition) is 9. The average Bonchev–Trinajstić information content (AvgIpc) is 3.42. The molecule has 9 heteroatoms. The Morgan fingerprint density at radius 2 is 1.88 bits per heavy atom. The fourth-order valence-corrected chi connectivity index (χ4v) is 6.81. The molecule has 1 aromatic carbocycles. The monoisotopic (exact) mass is 498 g/mol. The second kappa shape index (κ2) is 10.1. The van der Waals surface area contributed by atoms with Crippen LogP contribution in [-0.2, 0) is 17.0 Å². The largest absolute Gasteiger partial charge is 0.497 e. The van der Waals surface area contributed by atoms with E-state index in [1.165, 1.54) is 15.8 Å². The van der Waals surface area contributed by atoms with Gasteiger partial charge < -0.3 is 9.47 Å². The van der Waals surface area contributed by atoms with Gasteiger partial charge in [0.15, 0.2) is 0 Å². The first-order chi connectivity index (χ1) is 16.1. The summed E-state index contributed by atoms with van der Waals surface area (Å²) in [6, 6.07) is 8.05. The Hall–Kier alpha value is -2.04. The minimum Gasteiger partial charge on any atom is -0.497 e. The Kier molecular flexibility index (Phi) is 6.94. The van der Waals surface area contributed by atoms with E-state index in [0.29, 0.717) is 0 Å². The zero-order chi connectivity index (χ0) is 22.8. The number of methoxy groups -OCH3 is 1. The quantitative estimate of drug-likeness (QED) is 0.244. The van der Waals surface area contributed by atoms with E-state index < -0.39 is 0 Å². The first-order valence-electron chi connectivity index (χ1n) is 10.9. The van der Waals surface area contributed by atoms with Crippen molar-refractivity contribution in [1.82, 2.24) is 19.9 Å². The molecule has 1 saturated heterocycles. The molecule has 33 heavy (non-hydrogen) atoms. The first kappa shape index (κ1) is 22.7. The average molecular weight is 499 g/mol. The molecule has 6 nitrogen and oxygen atoms in total. The SMILES string of the molecule is COc1ccc(-c2nc(CSc3nc(CN4CCOCC4)nc4sc(C)c(C)c34)cs2)cc1. The fourth-order valence-electron chi connectivity index (χ4n) is 3.77. The fraction of sp³-hybridized carbons (Fsp3) is 0.375. The molecule has 0 unspecified atom stereocenters. The second-order valence-electron chi connectivity index (χ2n) is 7.96. The van der Waals surface area contributed by atoms with E-state index in [2.05, 4.69) is 36.3 Å². The summed E-state index contributed by atoms with van der Waals surface area (Å²) in [5, 5.41) is 5.42.